The Kier molecular flexibility index (Phi) is 21.3. The highest BCUT2D eigenvalue weighted by Crippen LogP contribution is 2.10. The molecule has 0 saturated heterocycles. The van der Waals surface area contributed by atoms with Gasteiger partial charge in [0.15, 0.2) is 0 Å². The molecule has 0 aromatic carbocycles. The van der Waals surface area contributed by atoms with Gasteiger partial charge in [-0.15, -0.1) is 0 Å². The van der Waals surface area contributed by atoms with Gasteiger partial charge in [0.2, 0.25) is 0 Å². The lowest BCUT2D eigenvalue weighted by molar-refractivity contribution is -0.149. The van der Waals surface area contributed by atoms with Gasteiger partial charge in [-0.3, -0.25) is 9.59 Å². The predicted molar refractivity (Wildman–Crippen MR) is 126 cm³/mol. The van der Waals surface area contributed by atoms with Crippen molar-refractivity contribution in [2.45, 2.75) is 117 Å². The molecule has 0 aliphatic heterocycles. The highest BCUT2D eigenvalue weighted by atomic mass is 16.5. The van der Waals surface area contributed by atoms with Crippen LogP contribution in [0.25, 0.3) is 0 Å². The van der Waals surface area contributed by atoms with E-state index in [0.29, 0.717) is 26.0 Å². The second-order valence-corrected chi connectivity index (χ2v) is 8.40. The van der Waals surface area contributed by atoms with Crippen molar-refractivity contribution >= 4 is 11.9 Å². The fourth-order valence-corrected chi connectivity index (χ4v) is 3.50. The zero-order valence-electron chi connectivity index (χ0n) is 20.5. The first-order valence-corrected chi connectivity index (χ1v) is 12.8. The summed E-state index contributed by atoms with van der Waals surface area (Å²) in [5.41, 5.74) is 0. The van der Waals surface area contributed by atoms with Gasteiger partial charge in [-0.1, -0.05) is 52.9 Å². The van der Waals surface area contributed by atoms with Crippen LogP contribution < -0.4 is 0 Å². The van der Waals surface area contributed by atoms with Crippen molar-refractivity contribution in [1.82, 2.24) is 4.90 Å². The third-order valence-corrected chi connectivity index (χ3v) is 5.60. The normalized spacial score (nSPS) is 11.3. The van der Waals surface area contributed by atoms with E-state index >= 15 is 0 Å². The van der Waals surface area contributed by atoms with E-state index in [4.69, 9.17) is 9.47 Å². The largest absolute Gasteiger partial charge is 0.466 e. The van der Waals surface area contributed by atoms with E-state index in [9.17, 15) is 14.7 Å². The van der Waals surface area contributed by atoms with Crippen LogP contribution in [0.3, 0.4) is 0 Å². The van der Waals surface area contributed by atoms with Crippen LogP contribution in [0.5, 0.6) is 0 Å². The Bertz CT molecular complexity index is 426. The number of carbonyl (C=O) groups excluding carboxylic acids is 2. The summed E-state index contributed by atoms with van der Waals surface area (Å²) in [5, 5.41) is 9.29. The molecule has 0 spiro atoms. The molecule has 0 unspecified atom stereocenters. The summed E-state index contributed by atoms with van der Waals surface area (Å²) < 4.78 is 10.6. The fraction of sp³-hybridized carbons (Fsp3) is 0.920. The maximum absolute atomic E-state index is 11.8. The number of rotatable bonds is 22. The Hall–Kier alpha value is -1.14. The molecule has 0 aliphatic rings. The maximum atomic E-state index is 11.8. The van der Waals surface area contributed by atoms with E-state index in [1.54, 1.807) is 0 Å². The second-order valence-electron chi connectivity index (χ2n) is 8.40. The molecule has 6 nitrogen and oxygen atoms in total. The van der Waals surface area contributed by atoms with Crippen LogP contribution in [0.2, 0.25) is 0 Å². The van der Waals surface area contributed by atoms with Crippen LogP contribution in [-0.4, -0.2) is 60.9 Å². The molecule has 0 heterocycles. The topological polar surface area (TPSA) is 76.1 Å². The minimum atomic E-state index is -0.0792. The van der Waals surface area contributed by atoms with Crippen molar-refractivity contribution in [3.8, 4) is 0 Å². The van der Waals surface area contributed by atoms with Crippen LogP contribution in [-0.2, 0) is 19.1 Å². The van der Waals surface area contributed by atoms with Crippen LogP contribution in [0.1, 0.15) is 111 Å². The first kappa shape index (κ1) is 29.9. The quantitative estimate of drug-likeness (QED) is 0.182. The average Bonchev–Trinajstić information content (AvgIpc) is 2.76. The van der Waals surface area contributed by atoms with Gasteiger partial charge >= 0.3 is 11.9 Å². The Balaban J connectivity index is 3.69. The Morgan fingerprint density at radius 2 is 1.29 bits per heavy atom. The van der Waals surface area contributed by atoms with Crippen molar-refractivity contribution in [1.29, 1.82) is 0 Å². The lowest BCUT2D eigenvalue weighted by Gasteiger charge is -2.21. The molecule has 0 rings (SSSR count). The highest BCUT2D eigenvalue weighted by Gasteiger charge is 2.10. The summed E-state index contributed by atoms with van der Waals surface area (Å²) in [4.78, 5) is 25.7. The highest BCUT2D eigenvalue weighted by molar-refractivity contribution is 5.69. The van der Waals surface area contributed by atoms with E-state index < -0.39 is 0 Å². The van der Waals surface area contributed by atoms with Crippen LogP contribution in [0.4, 0.5) is 0 Å². The number of esters is 2. The first-order chi connectivity index (χ1) is 15.1. The average molecular weight is 444 g/mol. The first-order valence-electron chi connectivity index (χ1n) is 12.8. The van der Waals surface area contributed by atoms with Crippen molar-refractivity contribution < 1.29 is 24.2 Å². The lowest BCUT2D eigenvalue weighted by atomic mass is 10.1. The summed E-state index contributed by atoms with van der Waals surface area (Å²) in [6.45, 7) is 9.58. The minimum Gasteiger partial charge on any atom is -0.466 e. The van der Waals surface area contributed by atoms with Gasteiger partial charge < -0.3 is 19.5 Å². The molecule has 0 atom stereocenters. The number of nitrogens with zero attached hydrogens (tertiary/aromatic N) is 1. The zero-order valence-corrected chi connectivity index (χ0v) is 20.5. The van der Waals surface area contributed by atoms with Gasteiger partial charge in [0.05, 0.1) is 13.2 Å². The number of aliphatic hydroxyl groups excluding tert-OH is 1. The van der Waals surface area contributed by atoms with Gasteiger partial charge in [0, 0.05) is 19.4 Å². The monoisotopic (exact) mass is 443 g/mol. The van der Waals surface area contributed by atoms with Gasteiger partial charge in [-0.2, -0.15) is 0 Å². The van der Waals surface area contributed by atoms with Crippen LogP contribution in [0.15, 0.2) is 0 Å². The summed E-state index contributed by atoms with van der Waals surface area (Å²) >= 11 is 0. The second kappa shape index (κ2) is 22.1. The molecular formula is C25H49NO5. The van der Waals surface area contributed by atoms with E-state index in [0.717, 1.165) is 90.1 Å². The summed E-state index contributed by atoms with van der Waals surface area (Å²) in [6, 6.07) is 0. The lowest BCUT2D eigenvalue weighted by Crippen LogP contribution is -2.29. The van der Waals surface area contributed by atoms with Gasteiger partial charge in [0.25, 0.3) is 0 Å². The molecule has 0 aromatic rings. The number of unbranched alkanes of at least 4 members (excludes halogenated alkanes) is 7. The SMILES string of the molecule is CCCCOC(=O)CCCCCN(CCO)CCCCCCCC(=O)OC(CC)CC. The summed E-state index contributed by atoms with van der Waals surface area (Å²) in [7, 11) is 0. The van der Waals surface area contributed by atoms with E-state index in [1.165, 1.54) is 0 Å². The van der Waals surface area contributed by atoms with Crippen molar-refractivity contribution in [3.63, 3.8) is 0 Å². The molecule has 0 fully saturated rings. The molecule has 1 N–H and O–H groups in total. The molecule has 184 valence electrons. The predicted octanol–water partition coefficient (Wildman–Crippen LogP) is 5.26. The van der Waals surface area contributed by atoms with Crippen LogP contribution >= 0.6 is 0 Å². The molecule has 0 amide bonds. The van der Waals surface area contributed by atoms with Crippen molar-refractivity contribution in [2.24, 2.45) is 0 Å². The number of hydrogen-bond acceptors (Lipinski definition) is 6. The Morgan fingerprint density at radius 3 is 1.87 bits per heavy atom. The molecular weight excluding hydrogens is 394 g/mol. The smallest absolute Gasteiger partial charge is 0.306 e. The third kappa shape index (κ3) is 19.3. The van der Waals surface area contributed by atoms with E-state index in [-0.39, 0.29) is 24.6 Å². The van der Waals surface area contributed by atoms with E-state index in [2.05, 4.69) is 11.8 Å². The third-order valence-electron chi connectivity index (χ3n) is 5.60. The molecule has 0 bridgehead atoms. The Labute approximate surface area is 191 Å². The van der Waals surface area contributed by atoms with Gasteiger partial charge in [-0.05, 0) is 58.0 Å². The van der Waals surface area contributed by atoms with Crippen molar-refractivity contribution in [2.75, 3.05) is 32.8 Å². The standard InChI is InChI=1S/C25H49NO5/c1-4-7-22-30-24(28)16-13-11-15-19-26(20-21-27)18-14-10-8-9-12-17-25(29)31-23(5-2)6-3/h23,27H,4-22H2,1-3H3. The number of aliphatic hydroxyl groups is 1. The summed E-state index contributed by atoms with van der Waals surface area (Å²) in [5.74, 6) is -0.137. The van der Waals surface area contributed by atoms with Crippen molar-refractivity contribution in [3.05, 3.63) is 0 Å². The molecule has 0 aliphatic carbocycles. The molecule has 0 aromatic heterocycles. The van der Waals surface area contributed by atoms with Crippen LogP contribution in [0, 0.1) is 0 Å². The van der Waals surface area contributed by atoms with E-state index in [1.807, 2.05) is 13.8 Å². The molecule has 6 heteroatoms. The molecule has 0 radical (unpaired) electrons. The van der Waals surface area contributed by atoms with Gasteiger partial charge in [-0.25, -0.2) is 0 Å². The Morgan fingerprint density at radius 1 is 0.742 bits per heavy atom. The fourth-order valence-electron chi connectivity index (χ4n) is 3.50. The summed E-state index contributed by atoms with van der Waals surface area (Å²) in [6.07, 6.45) is 13.1. The molecule has 31 heavy (non-hydrogen) atoms. The maximum Gasteiger partial charge on any atom is 0.306 e. The minimum absolute atomic E-state index is 0.0583. The zero-order chi connectivity index (χ0) is 23.2. The number of ether oxygens (including phenoxy) is 2. The molecule has 0 saturated carbocycles. The number of hydrogen-bond donors (Lipinski definition) is 1. The van der Waals surface area contributed by atoms with Gasteiger partial charge in [0.1, 0.15) is 6.10 Å². The number of carbonyl (C=O) groups is 2.